The molecule has 0 bridgehead atoms. The number of carbonyl (C=O) groups is 1. The van der Waals surface area contributed by atoms with Gasteiger partial charge >= 0.3 is 6.18 Å². The maximum atomic E-state index is 13.3. The number of alkyl halides is 3. The number of pyridine rings is 1. The van der Waals surface area contributed by atoms with E-state index in [9.17, 15) is 38.1 Å². The number of nitrogens with zero attached hydrogens (tertiary/aromatic N) is 1. The number of rotatable bonds is 5. The molecule has 158 valence electrons. The van der Waals surface area contributed by atoms with E-state index in [1.54, 1.807) is 0 Å². The molecule has 0 aliphatic carbocycles. The molecular formula is C20H16F3N2O5-. The van der Waals surface area contributed by atoms with Crippen LogP contribution in [0.1, 0.15) is 5.56 Å². The van der Waals surface area contributed by atoms with Crippen LogP contribution in [-0.2, 0) is 6.18 Å². The van der Waals surface area contributed by atoms with Crippen LogP contribution in [0.4, 0.5) is 23.7 Å². The maximum absolute atomic E-state index is 13.3. The number of benzene rings is 2. The number of carbonyl (C=O) groups excluding carboxylic acids is 1. The van der Waals surface area contributed by atoms with Crippen molar-refractivity contribution in [2.75, 3.05) is 18.1 Å². The predicted octanol–water partition coefficient (Wildman–Crippen LogP) is 1.72. The van der Waals surface area contributed by atoms with E-state index < -0.39 is 42.6 Å². The fourth-order valence-corrected chi connectivity index (χ4v) is 3.19. The zero-order chi connectivity index (χ0) is 22.1. The van der Waals surface area contributed by atoms with Gasteiger partial charge in [-0.05, 0) is 29.7 Å². The van der Waals surface area contributed by atoms with E-state index in [2.05, 4.69) is 4.98 Å². The van der Waals surface area contributed by atoms with Crippen molar-refractivity contribution in [3.8, 4) is 11.3 Å². The summed E-state index contributed by atoms with van der Waals surface area (Å²) in [6, 6.07) is 8.80. The molecule has 0 aliphatic heterocycles. The average Bonchev–Trinajstić information content (AvgIpc) is 2.71. The average molecular weight is 421 g/mol. The number of aromatic nitrogens is 1. The summed E-state index contributed by atoms with van der Waals surface area (Å²) in [4.78, 5) is 27.0. The van der Waals surface area contributed by atoms with Crippen molar-refractivity contribution in [3.63, 3.8) is 0 Å². The molecular weight excluding hydrogens is 405 g/mol. The van der Waals surface area contributed by atoms with E-state index >= 15 is 0 Å². The highest BCUT2D eigenvalue weighted by Crippen LogP contribution is 2.36. The lowest BCUT2D eigenvalue weighted by Crippen LogP contribution is -2.51. The molecule has 3 N–H and O–H groups in total. The van der Waals surface area contributed by atoms with Crippen LogP contribution in [0.25, 0.3) is 22.0 Å². The van der Waals surface area contributed by atoms with Crippen molar-refractivity contribution in [1.82, 2.24) is 4.98 Å². The smallest absolute Gasteiger partial charge is 0.417 e. The van der Waals surface area contributed by atoms with E-state index in [1.807, 2.05) is 0 Å². The Hall–Kier alpha value is -3.37. The fourth-order valence-electron chi connectivity index (χ4n) is 3.19. The number of hydrogen-bond acceptors (Lipinski definition) is 5. The van der Waals surface area contributed by atoms with Gasteiger partial charge in [-0.3, -0.25) is 4.79 Å². The molecule has 0 radical (unpaired) electrons. The van der Waals surface area contributed by atoms with Gasteiger partial charge in [0.2, 0.25) is 0 Å². The number of nitrogens with one attached hydrogen (secondary N) is 1. The molecule has 0 fully saturated rings. The summed E-state index contributed by atoms with van der Waals surface area (Å²) in [6.45, 7) is -1.38. The molecule has 2 aromatic carbocycles. The van der Waals surface area contributed by atoms with Crippen LogP contribution < -0.4 is 15.6 Å². The Morgan fingerprint density at radius 3 is 2.37 bits per heavy atom. The van der Waals surface area contributed by atoms with Crippen LogP contribution in [-0.4, -0.2) is 40.5 Å². The topological polar surface area (TPSA) is 117 Å². The third-order valence-corrected chi connectivity index (χ3v) is 4.61. The molecule has 0 saturated carbocycles. The van der Waals surface area contributed by atoms with E-state index in [0.717, 1.165) is 6.07 Å². The monoisotopic (exact) mass is 421 g/mol. The first-order valence-corrected chi connectivity index (χ1v) is 8.73. The Labute approximate surface area is 167 Å². The Morgan fingerprint density at radius 2 is 1.77 bits per heavy atom. The quantitative estimate of drug-likeness (QED) is 0.580. The Bertz CT molecular complexity index is 1140. The van der Waals surface area contributed by atoms with Crippen LogP contribution in [0.3, 0.4) is 0 Å². The number of aliphatic hydroxyl groups excluding tert-OH is 2. The number of aliphatic hydroxyl groups is 2. The first-order chi connectivity index (χ1) is 14.2. The van der Waals surface area contributed by atoms with Gasteiger partial charge in [-0.25, -0.2) is 0 Å². The summed E-state index contributed by atoms with van der Waals surface area (Å²) < 4.78 is 39.9. The number of aromatic amines is 1. The Kier molecular flexibility index (Phi) is 5.81. The van der Waals surface area contributed by atoms with Crippen molar-refractivity contribution in [2.24, 2.45) is 0 Å². The molecule has 0 unspecified atom stereocenters. The third kappa shape index (κ3) is 4.00. The highest BCUT2D eigenvalue weighted by molar-refractivity contribution is 5.93. The largest absolute Gasteiger partial charge is 0.530 e. The Morgan fingerprint density at radius 1 is 1.10 bits per heavy atom. The van der Waals surface area contributed by atoms with Gasteiger partial charge in [-0.2, -0.15) is 13.2 Å². The standard InChI is InChI=1S/C20H17F3N2O5/c21-20(22,23)16-4-2-1-3-14(16)17-7-11-5-6-12(8-15(11)18(28)24-17)25(19(29)30)13(9-26)10-27/h1-8,13,26-27H,9-10H2,(H,24,28)(H,29,30)/p-1. The lowest BCUT2D eigenvalue weighted by Gasteiger charge is -2.31. The third-order valence-electron chi connectivity index (χ3n) is 4.61. The van der Waals surface area contributed by atoms with Gasteiger partial charge in [-0.1, -0.05) is 24.3 Å². The fraction of sp³-hybridized carbons (Fsp3) is 0.200. The predicted molar refractivity (Wildman–Crippen MR) is 101 cm³/mol. The van der Waals surface area contributed by atoms with Crippen molar-refractivity contribution < 1.29 is 33.3 Å². The van der Waals surface area contributed by atoms with E-state index in [1.165, 1.54) is 42.5 Å². The van der Waals surface area contributed by atoms with E-state index in [-0.39, 0.29) is 27.7 Å². The molecule has 7 nitrogen and oxygen atoms in total. The summed E-state index contributed by atoms with van der Waals surface area (Å²) in [7, 11) is 0. The van der Waals surface area contributed by atoms with Gasteiger partial charge in [0.25, 0.3) is 5.56 Å². The molecule has 0 spiro atoms. The number of H-pyrrole nitrogens is 1. The number of carboxylic acid groups (broad SMARTS) is 1. The second kappa shape index (κ2) is 8.17. The van der Waals surface area contributed by atoms with Crippen LogP contribution in [0, 0.1) is 0 Å². The zero-order valence-corrected chi connectivity index (χ0v) is 15.3. The molecule has 1 heterocycles. The molecule has 1 amide bonds. The lowest BCUT2D eigenvalue weighted by molar-refractivity contribution is -0.247. The molecule has 0 saturated heterocycles. The number of amides is 1. The summed E-state index contributed by atoms with van der Waals surface area (Å²) in [5.74, 6) is 0. The second-order valence-electron chi connectivity index (χ2n) is 6.48. The minimum Gasteiger partial charge on any atom is -0.530 e. The van der Waals surface area contributed by atoms with Crippen LogP contribution in [0.15, 0.2) is 53.3 Å². The van der Waals surface area contributed by atoms with Crippen molar-refractivity contribution in [2.45, 2.75) is 12.2 Å². The summed E-state index contributed by atoms with van der Waals surface area (Å²) in [5.41, 5.74) is -1.93. The number of anilines is 1. The number of hydrogen-bond donors (Lipinski definition) is 3. The molecule has 3 aromatic rings. The van der Waals surface area contributed by atoms with Gasteiger partial charge < -0.3 is 30.0 Å². The molecule has 10 heteroatoms. The second-order valence-corrected chi connectivity index (χ2v) is 6.48. The normalized spacial score (nSPS) is 11.8. The molecule has 3 rings (SSSR count). The van der Waals surface area contributed by atoms with Gasteiger partial charge in [0.15, 0.2) is 0 Å². The first-order valence-electron chi connectivity index (χ1n) is 8.73. The highest BCUT2D eigenvalue weighted by Gasteiger charge is 2.33. The summed E-state index contributed by atoms with van der Waals surface area (Å²) >= 11 is 0. The van der Waals surface area contributed by atoms with E-state index in [4.69, 9.17) is 0 Å². The summed E-state index contributed by atoms with van der Waals surface area (Å²) in [5, 5.41) is 30.3. The molecule has 0 aliphatic rings. The Balaban J connectivity index is 2.15. The lowest BCUT2D eigenvalue weighted by atomic mass is 10.0. The first kappa shape index (κ1) is 21.3. The van der Waals surface area contributed by atoms with Crippen LogP contribution >= 0.6 is 0 Å². The van der Waals surface area contributed by atoms with Gasteiger partial charge in [-0.15, -0.1) is 0 Å². The SMILES string of the molecule is O=C([O-])N(c1ccc2cc(-c3ccccc3C(F)(F)F)[nH]c(=O)c2c1)C(CO)CO. The van der Waals surface area contributed by atoms with Crippen molar-refractivity contribution >= 4 is 22.6 Å². The maximum Gasteiger partial charge on any atom is 0.417 e. The van der Waals surface area contributed by atoms with Crippen molar-refractivity contribution in [1.29, 1.82) is 0 Å². The summed E-state index contributed by atoms with van der Waals surface area (Å²) in [6.07, 6.45) is -6.32. The van der Waals surface area contributed by atoms with Crippen LogP contribution in [0.2, 0.25) is 0 Å². The van der Waals surface area contributed by atoms with Gasteiger partial charge in [0, 0.05) is 22.3 Å². The van der Waals surface area contributed by atoms with Crippen LogP contribution in [0.5, 0.6) is 0 Å². The van der Waals surface area contributed by atoms with Gasteiger partial charge in [0.05, 0.1) is 24.8 Å². The number of halogens is 3. The minimum absolute atomic E-state index is 0.0154. The molecule has 1 aromatic heterocycles. The van der Waals surface area contributed by atoms with Crippen molar-refractivity contribution in [3.05, 3.63) is 64.4 Å². The zero-order valence-electron chi connectivity index (χ0n) is 15.3. The number of fused-ring (bicyclic) bond motifs is 1. The highest BCUT2D eigenvalue weighted by atomic mass is 19.4. The molecule has 0 atom stereocenters. The van der Waals surface area contributed by atoms with Gasteiger partial charge in [0.1, 0.15) is 6.09 Å². The molecule has 30 heavy (non-hydrogen) atoms. The van der Waals surface area contributed by atoms with E-state index in [0.29, 0.717) is 4.90 Å². The minimum atomic E-state index is -4.62.